The number of amides is 1. The van der Waals surface area contributed by atoms with E-state index in [1.807, 2.05) is 45.0 Å². The van der Waals surface area contributed by atoms with Gasteiger partial charge in [0, 0.05) is 23.7 Å². The number of hydrogen-bond acceptors (Lipinski definition) is 6. The molecule has 8 heteroatoms. The molecule has 0 fully saturated rings. The van der Waals surface area contributed by atoms with Crippen LogP contribution in [0.2, 0.25) is 0 Å². The molecule has 2 aromatic carbocycles. The fourth-order valence-electron chi connectivity index (χ4n) is 2.86. The first-order valence-electron chi connectivity index (χ1n) is 9.26. The Morgan fingerprint density at radius 1 is 1.14 bits per heavy atom. The van der Waals surface area contributed by atoms with Crippen molar-refractivity contribution < 1.29 is 14.2 Å². The van der Waals surface area contributed by atoms with Crippen LogP contribution in [0, 0.1) is 17.0 Å². The summed E-state index contributed by atoms with van der Waals surface area (Å²) >= 11 is 0. The Morgan fingerprint density at radius 3 is 2.38 bits per heavy atom. The van der Waals surface area contributed by atoms with Crippen molar-refractivity contribution in [3.05, 3.63) is 75.7 Å². The van der Waals surface area contributed by atoms with E-state index in [-0.39, 0.29) is 30.6 Å². The first-order valence-corrected chi connectivity index (χ1v) is 9.26. The molecule has 29 heavy (non-hydrogen) atoms. The van der Waals surface area contributed by atoms with Gasteiger partial charge in [-0.2, -0.15) is 4.98 Å². The van der Waals surface area contributed by atoms with Gasteiger partial charge in [0.25, 0.3) is 5.69 Å². The van der Waals surface area contributed by atoms with Crippen LogP contribution in [-0.4, -0.2) is 31.9 Å². The molecule has 150 valence electrons. The number of hydrogen-bond donors (Lipinski definition) is 0. The van der Waals surface area contributed by atoms with E-state index in [9.17, 15) is 14.9 Å². The molecule has 0 spiro atoms. The summed E-state index contributed by atoms with van der Waals surface area (Å²) in [6, 6.07) is 13.7. The number of non-ortho nitro benzene ring substituents is 1. The Labute approximate surface area is 168 Å². The molecule has 0 N–H and O–H groups in total. The van der Waals surface area contributed by atoms with Crippen LogP contribution < -0.4 is 0 Å². The van der Waals surface area contributed by atoms with Gasteiger partial charge in [-0.05, 0) is 26.3 Å². The molecule has 0 radical (unpaired) electrons. The molecular weight excluding hydrogens is 372 g/mol. The molecule has 0 aliphatic heterocycles. The summed E-state index contributed by atoms with van der Waals surface area (Å²) < 4.78 is 5.34. The van der Waals surface area contributed by atoms with Crippen molar-refractivity contribution >= 4 is 11.6 Å². The highest BCUT2D eigenvalue weighted by Crippen LogP contribution is 2.18. The van der Waals surface area contributed by atoms with E-state index in [1.165, 1.54) is 12.1 Å². The van der Waals surface area contributed by atoms with E-state index in [0.29, 0.717) is 17.3 Å². The van der Waals surface area contributed by atoms with Gasteiger partial charge in [-0.15, -0.1) is 0 Å². The monoisotopic (exact) mass is 394 g/mol. The number of carbonyl (C=O) groups excluding carboxylic acids is 1. The third-order valence-electron chi connectivity index (χ3n) is 4.53. The van der Waals surface area contributed by atoms with Crippen molar-refractivity contribution in [2.45, 2.75) is 39.8 Å². The first kappa shape index (κ1) is 20.2. The number of rotatable bonds is 7. The smallest absolute Gasteiger partial charge is 0.269 e. The van der Waals surface area contributed by atoms with Crippen molar-refractivity contribution in [1.82, 2.24) is 15.0 Å². The standard InChI is InChI=1S/C21H22N4O4/c1-14(2)24(20(26)12-16-6-10-18(11-7-16)25(27)28)13-19-22-21(23-29-19)17-8-4-15(3)5-9-17/h4-11,14H,12-13H2,1-3H3. The number of aromatic nitrogens is 2. The van der Waals surface area contributed by atoms with E-state index in [1.54, 1.807) is 17.0 Å². The fourth-order valence-corrected chi connectivity index (χ4v) is 2.86. The number of carbonyl (C=O) groups is 1. The minimum atomic E-state index is -0.465. The highest BCUT2D eigenvalue weighted by Gasteiger charge is 2.21. The van der Waals surface area contributed by atoms with Crippen LogP contribution in [0.1, 0.15) is 30.9 Å². The Morgan fingerprint density at radius 2 is 1.79 bits per heavy atom. The zero-order chi connectivity index (χ0) is 21.0. The highest BCUT2D eigenvalue weighted by atomic mass is 16.6. The van der Waals surface area contributed by atoms with Gasteiger partial charge in [0.2, 0.25) is 17.6 Å². The summed E-state index contributed by atoms with van der Waals surface area (Å²) in [5.41, 5.74) is 2.69. The van der Waals surface area contributed by atoms with Crippen molar-refractivity contribution in [3.63, 3.8) is 0 Å². The predicted molar refractivity (Wildman–Crippen MR) is 107 cm³/mol. The zero-order valence-electron chi connectivity index (χ0n) is 16.5. The highest BCUT2D eigenvalue weighted by molar-refractivity contribution is 5.79. The maximum atomic E-state index is 12.8. The molecule has 0 unspecified atom stereocenters. The van der Waals surface area contributed by atoms with Crippen LogP contribution >= 0.6 is 0 Å². The molecule has 1 heterocycles. The van der Waals surface area contributed by atoms with Gasteiger partial charge in [-0.1, -0.05) is 47.1 Å². The molecule has 0 aliphatic carbocycles. The van der Waals surface area contributed by atoms with Crippen LogP contribution in [0.15, 0.2) is 53.1 Å². The molecule has 0 saturated heterocycles. The van der Waals surface area contributed by atoms with Crippen molar-refractivity contribution in [3.8, 4) is 11.4 Å². The second kappa shape index (κ2) is 8.64. The molecule has 0 aliphatic rings. The molecule has 1 amide bonds. The summed E-state index contributed by atoms with van der Waals surface area (Å²) in [4.78, 5) is 29.1. The number of nitrogens with zero attached hydrogens (tertiary/aromatic N) is 4. The van der Waals surface area contributed by atoms with Crippen LogP contribution in [0.3, 0.4) is 0 Å². The lowest BCUT2D eigenvalue weighted by atomic mass is 10.1. The van der Waals surface area contributed by atoms with Gasteiger partial charge in [0.15, 0.2) is 0 Å². The van der Waals surface area contributed by atoms with E-state index in [0.717, 1.165) is 11.1 Å². The summed E-state index contributed by atoms with van der Waals surface area (Å²) in [6.45, 7) is 6.01. The molecule has 1 aromatic heterocycles. The lowest BCUT2D eigenvalue weighted by Crippen LogP contribution is -2.37. The van der Waals surface area contributed by atoms with Gasteiger partial charge in [0.1, 0.15) is 6.54 Å². The predicted octanol–water partition coefficient (Wildman–Crippen LogP) is 3.93. The van der Waals surface area contributed by atoms with Gasteiger partial charge >= 0.3 is 0 Å². The maximum absolute atomic E-state index is 12.8. The third kappa shape index (κ3) is 5.04. The second-order valence-electron chi connectivity index (χ2n) is 7.09. The summed E-state index contributed by atoms with van der Waals surface area (Å²) in [5.74, 6) is 0.710. The zero-order valence-corrected chi connectivity index (χ0v) is 16.5. The van der Waals surface area contributed by atoms with Gasteiger partial charge < -0.3 is 9.42 Å². The minimum absolute atomic E-state index is 0.00332. The summed E-state index contributed by atoms with van der Waals surface area (Å²) in [6.07, 6.45) is 0.134. The fraction of sp³-hybridized carbons (Fsp3) is 0.286. The molecule has 0 bridgehead atoms. The maximum Gasteiger partial charge on any atom is 0.269 e. The first-order chi connectivity index (χ1) is 13.8. The topological polar surface area (TPSA) is 102 Å². The number of nitro benzene ring substituents is 1. The van der Waals surface area contributed by atoms with Crippen molar-refractivity contribution in [1.29, 1.82) is 0 Å². The van der Waals surface area contributed by atoms with Gasteiger partial charge in [-0.3, -0.25) is 14.9 Å². The van der Waals surface area contributed by atoms with Crippen LogP contribution in [0.5, 0.6) is 0 Å². The summed E-state index contributed by atoms with van der Waals surface area (Å²) in [7, 11) is 0. The molecular formula is C21H22N4O4. The number of aryl methyl sites for hydroxylation is 1. The second-order valence-corrected chi connectivity index (χ2v) is 7.09. The molecule has 8 nitrogen and oxygen atoms in total. The Bertz CT molecular complexity index is 994. The number of benzene rings is 2. The summed E-state index contributed by atoms with van der Waals surface area (Å²) in [5, 5.41) is 14.8. The molecule has 3 rings (SSSR count). The van der Waals surface area contributed by atoms with Crippen LogP contribution in [0.4, 0.5) is 5.69 Å². The van der Waals surface area contributed by atoms with Crippen molar-refractivity contribution in [2.24, 2.45) is 0 Å². The minimum Gasteiger partial charge on any atom is -0.337 e. The normalized spacial score (nSPS) is 10.9. The SMILES string of the molecule is Cc1ccc(-c2noc(CN(C(=O)Cc3ccc([N+](=O)[O-])cc3)C(C)C)n2)cc1. The Balaban J connectivity index is 1.70. The van der Waals surface area contributed by atoms with Crippen LogP contribution in [-0.2, 0) is 17.8 Å². The average Bonchev–Trinajstić information content (AvgIpc) is 3.15. The van der Waals surface area contributed by atoms with Crippen molar-refractivity contribution in [2.75, 3.05) is 0 Å². The van der Waals surface area contributed by atoms with Crippen LogP contribution in [0.25, 0.3) is 11.4 Å². The lowest BCUT2D eigenvalue weighted by Gasteiger charge is -2.25. The lowest BCUT2D eigenvalue weighted by molar-refractivity contribution is -0.384. The van der Waals surface area contributed by atoms with Gasteiger partial charge in [0.05, 0.1) is 11.3 Å². The molecule has 0 saturated carbocycles. The van der Waals surface area contributed by atoms with E-state index in [2.05, 4.69) is 10.1 Å². The number of nitro groups is 1. The third-order valence-corrected chi connectivity index (χ3v) is 4.53. The van der Waals surface area contributed by atoms with E-state index in [4.69, 9.17) is 4.52 Å². The van der Waals surface area contributed by atoms with E-state index >= 15 is 0 Å². The largest absolute Gasteiger partial charge is 0.337 e. The molecule has 0 atom stereocenters. The van der Waals surface area contributed by atoms with Gasteiger partial charge in [-0.25, -0.2) is 0 Å². The average molecular weight is 394 g/mol. The molecule has 3 aromatic rings. The Hall–Kier alpha value is -3.55. The van der Waals surface area contributed by atoms with E-state index < -0.39 is 4.92 Å². The Kier molecular flexibility index (Phi) is 6.01. The quantitative estimate of drug-likeness (QED) is 0.444.